The van der Waals surface area contributed by atoms with Crippen LogP contribution in [0, 0.1) is 0 Å². The highest BCUT2D eigenvalue weighted by molar-refractivity contribution is 8.00. The summed E-state index contributed by atoms with van der Waals surface area (Å²) in [5.41, 5.74) is 1.30. The number of thioether (sulfide) groups is 1. The molecular formula is C17H27ClN2S. The van der Waals surface area contributed by atoms with E-state index in [1.807, 2.05) is 12.1 Å². The zero-order valence-corrected chi connectivity index (χ0v) is 14.9. The van der Waals surface area contributed by atoms with E-state index >= 15 is 0 Å². The first kappa shape index (κ1) is 17.1. The monoisotopic (exact) mass is 326 g/mol. The first-order valence-electron chi connectivity index (χ1n) is 7.95. The fourth-order valence-electron chi connectivity index (χ4n) is 3.13. The third-order valence-corrected chi connectivity index (χ3v) is 5.39. The lowest BCUT2D eigenvalue weighted by Gasteiger charge is -2.35. The molecule has 1 aromatic carbocycles. The minimum absolute atomic E-state index is 0.397. The Hall–Kier alpha value is -0.220. The predicted molar refractivity (Wildman–Crippen MR) is 95.4 cm³/mol. The molecule has 1 aliphatic rings. The smallest absolute Gasteiger partial charge is 0.0409 e. The number of nitrogens with zero attached hydrogens (tertiary/aromatic N) is 1. The topological polar surface area (TPSA) is 15.3 Å². The van der Waals surface area contributed by atoms with Crippen molar-refractivity contribution in [3.05, 3.63) is 34.9 Å². The molecule has 1 aromatic rings. The number of rotatable bonds is 6. The lowest BCUT2D eigenvalue weighted by molar-refractivity contribution is 0.254. The van der Waals surface area contributed by atoms with E-state index in [1.165, 1.54) is 18.7 Å². The van der Waals surface area contributed by atoms with Crippen molar-refractivity contribution in [1.29, 1.82) is 0 Å². The fourth-order valence-corrected chi connectivity index (χ4v) is 4.72. The zero-order chi connectivity index (χ0) is 15.2. The summed E-state index contributed by atoms with van der Waals surface area (Å²) in [6.07, 6.45) is 1.14. The summed E-state index contributed by atoms with van der Waals surface area (Å²) >= 11 is 8.25. The minimum atomic E-state index is 0.397. The van der Waals surface area contributed by atoms with Gasteiger partial charge in [0.2, 0.25) is 0 Å². The lowest BCUT2D eigenvalue weighted by atomic mass is 10.0. The second-order valence-corrected chi connectivity index (χ2v) is 8.29. The van der Waals surface area contributed by atoms with Crippen LogP contribution in [0.15, 0.2) is 24.3 Å². The largest absolute Gasteiger partial charge is 0.310 e. The Bertz CT molecular complexity index is 431. The van der Waals surface area contributed by atoms with Crippen LogP contribution in [0.4, 0.5) is 0 Å². The maximum Gasteiger partial charge on any atom is 0.0409 e. The molecule has 0 aromatic heterocycles. The summed E-state index contributed by atoms with van der Waals surface area (Å²) in [6.45, 7) is 11.4. The molecule has 2 nitrogen and oxygen atoms in total. The van der Waals surface area contributed by atoms with E-state index in [0.29, 0.717) is 6.04 Å². The molecule has 118 valence electrons. The van der Waals surface area contributed by atoms with Crippen molar-refractivity contribution in [2.24, 2.45) is 0 Å². The molecule has 1 saturated heterocycles. The van der Waals surface area contributed by atoms with Crippen molar-refractivity contribution in [2.45, 2.75) is 43.7 Å². The molecule has 4 heteroatoms. The zero-order valence-electron chi connectivity index (χ0n) is 13.3. The number of nitrogens with one attached hydrogen (secondary N) is 1. The van der Waals surface area contributed by atoms with E-state index in [0.717, 1.165) is 35.0 Å². The lowest BCUT2D eigenvalue weighted by Crippen LogP contribution is -2.41. The Kier molecular flexibility index (Phi) is 6.87. The Morgan fingerprint density at radius 3 is 2.67 bits per heavy atom. The van der Waals surface area contributed by atoms with E-state index in [4.69, 9.17) is 11.6 Å². The maximum atomic E-state index is 6.14. The van der Waals surface area contributed by atoms with Gasteiger partial charge in [0.15, 0.2) is 0 Å². The van der Waals surface area contributed by atoms with Crippen molar-refractivity contribution in [2.75, 3.05) is 26.2 Å². The maximum absolute atomic E-state index is 6.14. The van der Waals surface area contributed by atoms with Crippen LogP contribution in [0.3, 0.4) is 0 Å². The molecule has 0 spiro atoms. The third-order valence-electron chi connectivity index (χ3n) is 3.93. The minimum Gasteiger partial charge on any atom is -0.310 e. The van der Waals surface area contributed by atoms with Crippen LogP contribution in [0.5, 0.6) is 0 Å². The van der Waals surface area contributed by atoms with Gasteiger partial charge in [0, 0.05) is 41.2 Å². The van der Waals surface area contributed by atoms with Crippen molar-refractivity contribution in [3.8, 4) is 0 Å². The van der Waals surface area contributed by atoms with Gasteiger partial charge in [0.25, 0.3) is 0 Å². The Morgan fingerprint density at radius 1 is 1.33 bits per heavy atom. The molecule has 1 fully saturated rings. The van der Waals surface area contributed by atoms with Gasteiger partial charge in [-0.3, -0.25) is 0 Å². The molecule has 0 bridgehead atoms. The second kappa shape index (κ2) is 8.42. The van der Waals surface area contributed by atoms with Gasteiger partial charge in [-0.05, 0) is 30.7 Å². The summed E-state index contributed by atoms with van der Waals surface area (Å²) in [6, 6.07) is 8.65. The van der Waals surface area contributed by atoms with Crippen LogP contribution in [0.2, 0.25) is 5.02 Å². The molecule has 1 aliphatic heterocycles. The standard InChI is InChI=1S/C17H27ClN2S/c1-4-19-17(15-6-5-7-16(18)10-15)8-9-20-11-13(2)21-14(3)12-20/h5-7,10,13-14,17,19H,4,8-9,11-12H2,1-3H3. The molecule has 3 unspecified atom stereocenters. The Balaban J connectivity index is 1.94. The molecule has 21 heavy (non-hydrogen) atoms. The van der Waals surface area contributed by atoms with Crippen LogP contribution >= 0.6 is 23.4 Å². The van der Waals surface area contributed by atoms with Crippen molar-refractivity contribution in [3.63, 3.8) is 0 Å². The van der Waals surface area contributed by atoms with E-state index in [9.17, 15) is 0 Å². The van der Waals surface area contributed by atoms with Crippen molar-refractivity contribution < 1.29 is 0 Å². The number of benzene rings is 1. The average molecular weight is 327 g/mol. The summed E-state index contributed by atoms with van der Waals surface area (Å²) < 4.78 is 0. The van der Waals surface area contributed by atoms with E-state index in [1.54, 1.807) is 0 Å². The van der Waals surface area contributed by atoms with Crippen LogP contribution < -0.4 is 5.32 Å². The normalized spacial score (nSPS) is 25.0. The van der Waals surface area contributed by atoms with Gasteiger partial charge in [-0.1, -0.05) is 44.5 Å². The number of hydrogen-bond acceptors (Lipinski definition) is 3. The van der Waals surface area contributed by atoms with E-state index in [-0.39, 0.29) is 0 Å². The van der Waals surface area contributed by atoms with Crippen molar-refractivity contribution >= 4 is 23.4 Å². The van der Waals surface area contributed by atoms with Crippen LogP contribution in [-0.2, 0) is 0 Å². The Labute approximate surface area is 138 Å². The molecule has 0 radical (unpaired) electrons. The molecule has 0 amide bonds. The highest BCUT2D eigenvalue weighted by atomic mass is 35.5. The number of hydrogen-bond donors (Lipinski definition) is 1. The van der Waals surface area contributed by atoms with Gasteiger partial charge in [-0.15, -0.1) is 0 Å². The molecule has 3 atom stereocenters. The van der Waals surface area contributed by atoms with Gasteiger partial charge < -0.3 is 10.2 Å². The van der Waals surface area contributed by atoms with Crippen LogP contribution in [0.1, 0.15) is 38.8 Å². The van der Waals surface area contributed by atoms with Crippen molar-refractivity contribution in [1.82, 2.24) is 10.2 Å². The molecule has 2 rings (SSSR count). The average Bonchev–Trinajstić information content (AvgIpc) is 2.42. The quantitative estimate of drug-likeness (QED) is 0.843. The van der Waals surface area contributed by atoms with Gasteiger partial charge in [-0.2, -0.15) is 11.8 Å². The SMILES string of the molecule is CCNC(CCN1CC(C)SC(C)C1)c1cccc(Cl)c1. The predicted octanol–water partition coefficient (Wildman–Crippen LogP) is 4.21. The summed E-state index contributed by atoms with van der Waals surface area (Å²) in [5, 5.41) is 5.92. The third kappa shape index (κ3) is 5.48. The first-order valence-corrected chi connectivity index (χ1v) is 9.27. The fraction of sp³-hybridized carbons (Fsp3) is 0.647. The van der Waals surface area contributed by atoms with Crippen LogP contribution in [0.25, 0.3) is 0 Å². The highest BCUT2D eigenvalue weighted by Gasteiger charge is 2.22. The Morgan fingerprint density at radius 2 is 2.05 bits per heavy atom. The summed E-state index contributed by atoms with van der Waals surface area (Å²) in [5.74, 6) is 0. The van der Waals surface area contributed by atoms with Crippen LogP contribution in [-0.4, -0.2) is 41.6 Å². The van der Waals surface area contributed by atoms with E-state index < -0.39 is 0 Å². The first-order chi connectivity index (χ1) is 10.1. The molecule has 0 aliphatic carbocycles. The van der Waals surface area contributed by atoms with Gasteiger partial charge in [0.1, 0.15) is 0 Å². The molecule has 1 heterocycles. The molecule has 1 N–H and O–H groups in total. The van der Waals surface area contributed by atoms with Gasteiger partial charge >= 0.3 is 0 Å². The van der Waals surface area contributed by atoms with Gasteiger partial charge in [-0.25, -0.2) is 0 Å². The molecular weight excluding hydrogens is 300 g/mol. The molecule has 0 saturated carbocycles. The van der Waals surface area contributed by atoms with E-state index in [2.05, 4.69) is 54.9 Å². The highest BCUT2D eigenvalue weighted by Crippen LogP contribution is 2.26. The second-order valence-electron chi connectivity index (χ2n) is 5.97. The summed E-state index contributed by atoms with van der Waals surface area (Å²) in [7, 11) is 0. The van der Waals surface area contributed by atoms with Gasteiger partial charge in [0.05, 0.1) is 0 Å². The summed E-state index contributed by atoms with van der Waals surface area (Å²) in [4.78, 5) is 2.61. The number of halogens is 1.